The van der Waals surface area contributed by atoms with Gasteiger partial charge in [0.15, 0.2) is 0 Å². The van der Waals surface area contributed by atoms with Crippen LogP contribution in [-0.4, -0.2) is 30.9 Å². The summed E-state index contributed by atoms with van der Waals surface area (Å²) < 4.78 is 5.66. The lowest BCUT2D eigenvalue weighted by molar-refractivity contribution is -0.0123. The van der Waals surface area contributed by atoms with Crippen LogP contribution in [-0.2, 0) is 4.74 Å². The first-order chi connectivity index (χ1) is 6.45. The molecule has 2 atom stereocenters. The molecular formula is C10H20ClNOS. The summed E-state index contributed by atoms with van der Waals surface area (Å²) in [6, 6.07) is 0. The van der Waals surface area contributed by atoms with Gasteiger partial charge in [-0.2, -0.15) is 11.8 Å². The molecule has 2 unspecified atom stereocenters. The van der Waals surface area contributed by atoms with E-state index in [2.05, 4.69) is 17.1 Å². The zero-order chi connectivity index (χ0) is 8.93. The second kappa shape index (κ2) is 6.94. The van der Waals surface area contributed by atoms with Gasteiger partial charge in [-0.05, 0) is 49.7 Å². The summed E-state index contributed by atoms with van der Waals surface area (Å²) in [5.41, 5.74) is 0. The van der Waals surface area contributed by atoms with Crippen LogP contribution < -0.4 is 5.32 Å². The first-order valence-electron chi connectivity index (χ1n) is 5.38. The fourth-order valence-electron chi connectivity index (χ4n) is 2.07. The number of halogens is 1. The van der Waals surface area contributed by atoms with Crippen LogP contribution in [0.2, 0.25) is 0 Å². The molecule has 2 aliphatic rings. The van der Waals surface area contributed by atoms with E-state index in [-0.39, 0.29) is 12.4 Å². The molecule has 0 radical (unpaired) electrons. The topological polar surface area (TPSA) is 21.3 Å². The third-order valence-corrected chi connectivity index (χ3v) is 4.10. The van der Waals surface area contributed by atoms with E-state index in [9.17, 15) is 0 Å². The van der Waals surface area contributed by atoms with Gasteiger partial charge in [0.1, 0.15) is 6.23 Å². The van der Waals surface area contributed by atoms with E-state index in [1.165, 1.54) is 37.2 Å². The molecule has 0 aliphatic carbocycles. The molecule has 0 spiro atoms. The number of hydrogen-bond donors (Lipinski definition) is 1. The number of nitrogens with one attached hydrogen (secondary N) is 1. The zero-order valence-corrected chi connectivity index (χ0v) is 10.2. The molecule has 2 fully saturated rings. The summed E-state index contributed by atoms with van der Waals surface area (Å²) in [6.07, 6.45) is 5.58. The Balaban J connectivity index is 0.000000980. The molecule has 0 amide bonds. The van der Waals surface area contributed by atoms with Crippen LogP contribution >= 0.6 is 24.2 Å². The van der Waals surface area contributed by atoms with E-state index in [0.717, 1.165) is 19.1 Å². The van der Waals surface area contributed by atoms with Crippen molar-refractivity contribution in [1.29, 1.82) is 0 Å². The highest BCUT2D eigenvalue weighted by Crippen LogP contribution is 2.26. The fourth-order valence-corrected chi connectivity index (χ4v) is 3.24. The van der Waals surface area contributed by atoms with Crippen molar-refractivity contribution in [2.75, 3.05) is 24.7 Å². The Hall–Kier alpha value is 0.560. The molecular weight excluding hydrogens is 218 g/mol. The average molecular weight is 238 g/mol. The van der Waals surface area contributed by atoms with E-state index < -0.39 is 0 Å². The number of rotatable bonds is 2. The van der Waals surface area contributed by atoms with Gasteiger partial charge in [0.2, 0.25) is 0 Å². The van der Waals surface area contributed by atoms with Crippen molar-refractivity contribution in [3.8, 4) is 0 Å². The van der Waals surface area contributed by atoms with Crippen LogP contribution in [0, 0.1) is 5.92 Å². The highest BCUT2D eigenvalue weighted by molar-refractivity contribution is 7.99. The summed E-state index contributed by atoms with van der Waals surface area (Å²) in [6.45, 7) is 2.10. The maximum absolute atomic E-state index is 5.66. The van der Waals surface area contributed by atoms with Gasteiger partial charge >= 0.3 is 0 Å². The van der Waals surface area contributed by atoms with Crippen LogP contribution in [0.25, 0.3) is 0 Å². The summed E-state index contributed by atoms with van der Waals surface area (Å²) in [5.74, 6) is 3.62. The molecule has 2 rings (SSSR count). The SMILES string of the molecule is C1CNC(CC2CCCSC2)OC1.Cl. The summed E-state index contributed by atoms with van der Waals surface area (Å²) in [5, 5.41) is 3.43. The Morgan fingerprint density at radius 3 is 2.93 bits per heavy atom. The molecule has 1 N–H and O–H groups in total. The monoisotopic (exact) mass is 237 g/mol. The van der Waals surface area contributed by atoms with E-state index in [1.807, 2.05) is 0 Å². The van der Waals surface area contributed by atoms with Gasteiger partial charge < -0.3 is 4.74 Å². The van der Waals surface area contributed by atoms with Crippen LogP contribution in [0.15, 0.2) is 0 Å². The lowest BCUT2D eigenvalue weighted by atomic mass is 10.0. The van der Waals surface area contributed by atoms with Crippen LogP contribution in [0.5, 0.6) is 0 Å². The maximum Gasteiger partial charge on any atom is 0.108 e. The predicted octanol–water partition coefficient (Wildman–Crippen LogP) is 2.28. The highest BCUT2D eigenvalue weighted by Gasteiger charge is 2.20. The Kier molecular flexibility index (Phi) is 6.26. The van der Waals surface area contributed by atoms with Crippen LogP contribution in [0.4, 0.5) is 0 Å². The molecule has 0 bridgehead atoms. The summed E-state index contributed by atoms with van der Waals surface area (Å²) >= 11 is 2.11. The van der Waals surface area contributed by atoms with E-state index >= 15 is 0 Å². The standard InChI is InChI=1S/C10H19NOS.ClH/c1-3-9(8-13-6-1)7-10-11-4-2-5-12-10;/h9-11H,1-8H2;1H. The van der Waals surface area contributed by atoms with Gasteiger partial charge in [0.05, 0.1) is 0 Å². The largest absolute Gasteiger partial charge is 0.363 e. The first kappa shape index (κ1) is 12.6. The van der Waals surface area contributed by atoms with Gasteiger partial charge in [-0.15, -0.1) is 12.4 Å². The second-order valence-electron chi connectivity index (χ2n) is 3.99. The normalized spacial score (nSPS) is 33.4. The first-order valence-corrected chi connectivity index (χ1v) is 6.53. The van der Waals surface area contributed by atoms with Gasteiger partial charge in [0.25, 0.3) is 0 Å². The number of hydrogen-bond acceptors (Lipinski definition) is 3. The lowest BCUT2D eigenvalue weighted by Crippen LogP contribution is -2.40. The van der Waals surface area contributed by atoms with Crippen molar-refractivity contribution in [2.24, 2.45) is 5.92 Å². The maximum atomic E-state index is 5.66. The van der Waals surface area contributed by atoms with Gasteiger partial charge in [-0.1, -0.05) is 0 Å². The Morgan fingerprint density at radius 2 is 2.29 bits per heavy atom. The average Bonchev–Trinajstić information content (AvgIpc) is 2.21. The zero-order valence-electron chi connectivity index (χ0n) is 8.54. The van der Waals surface area contributed by atoms with Crippen molar-refractivity contribution in [3.63, 3.8) is 0 Å². The molecule has 2 aliphatic heterocycles. The van der Waals surface area contributed by atoms with Gasteiger partial charge in [-0.25, -0.2) is 0 Å². The summed E-state index contributed by atoms with van der Waals surface area (Å²) in [7, 11) is 0. The Bertz CT molecular complexity index is 131. The molecule has 2 saturated heterocycles. The van der Waals surface area contributed by atoms with Gasteiger partial charge in [0, 0.05) is 6.61 Å². The quantitative estimate of drug-likeness (QED) is 0.796. The molecule has 0 saturated carbocycles. The molecule has 84 valence electrons. The minimum absolute atomic E-state index is 0. The Labute approximate surface area is 97.0 Å². The third-order valence-electron chi connectivity index (χ3n) is 2.81. The van der Waals surface area contributed by atoms with Crippen molar-refractivity contribution >= 4 is 24.2 Å². The van der Waals surface area contributed by atoms with Crippen LogP contribution in [0.3, 0.4) is 0 Å². The van der Waals surface area contributed by atoms with E-state index in [0.29, 0.717) is 6.23 Å². The van der Waals surface area contributed by atoms with Crippen LogP contribution in [0.1, 0.15) is 25.7 Å². The van der Waals surface area contributed by atoms with Crippen molar-refractivity contribution in [2.45, 2.75) is 31.9 Å². The third kappa shape index (κ3) is 3.97. The van der Waals surface area contributed by atoms with E-state index in [4.69, 9.17) is 4.74 Å². The second-order valence-corrected chi connectivity index (χ2v) is 5.14. The minimum Gasteiger partial charge on any atom is -0.363 e. The molecule has 4 heteroatoms. The molecule has 0 aromatic heterocycles. The van der Waals surface area contributed by atoms with Crippen molar-refractivity contribution in [1.82, 2.24) is 5.32 Å². The molecule has 2 heterocycles. The molecule has 0 aromatic carbocycles. The van der Waals surface area contributed by atoms with Gasteiger partial charge in [-0.3, -0.25) is 5.32 Å². The number of thioether (sulfide) groups is 1. The van der Waals surface area contributed by atoms with E-state index in [1.54, 1.807) is 0 Å². The molecule has 0 aromatic rings. The smallest absolute Gasteiger partial charge is 0.108 e. The fraction of sp³-hybridized carbons (Fsp3) is 1.00. The summed E-state index contributed by atoms with van der Waals surface area (Å²) in [4.78, 5) is 0. The highest BCUT2D eigenvalue weighted by atomic mass is 35.5. The minimum atomic E-state index is 0. The lowest BCUT2D eigenvalue weighted by Gasteiger charge is -2.29. The predicted molar refractivity (Wildman–Crippen MR) is 64.3 cm³/mol. The Morgan fingerprint density at radius 1 is 1.36 bits per heavy atom. The van der Waals surface area contributed by atoms with Crippen molar-refractivity contribution < 1.29 is 4.74 Å². The molecule has 2 nitrogen and oxygen atoms in total. The molecule has 14 heavy (non-hydrogen) atoms. The number of ether oxygens (including phenoxy) is 1. The van der Waals surface area contributed by atoms with Crippen molar-refractivity contribution in [3.05, 3.63) is 0 Å².